The molecule has 0 rings (SSSR count). The Balaban J connectivity index is 3.37. The minimum absolute atomic E-state index is 0.216. The van der Waals surface area contributed by atoms with Crippen LogP contribution < -0.4 is 11.1 Å². The van der Waals surface area contributed by atoms with Crippen LogP contribution in [0, 0.1) is 0 Å². The second-order valence-electron chi connectivity index (χ2n) is 2.15. The van der Waals surface area contributed by atoms with Crippen LogP contribution in [0.2, 0.25) is 0 Å². The van der Waals surface area contributed by atoms with Gasteiger partial charge in [0, 0.05) is 19.5 Å². The summed E-state index contributed by atoms with van der Waals surface area (Å²) in [6.07, 6.45) is 0.282. The van der Waals surface area contributed by atoms with E-state index in [1.54, 1.807) is 6.92 Å². The van der Waals surface area contributed by atoms with Crippen molar-refractivity contribution >= 4 is 11.9 Å². The van der Waals surface area contributed by atoms with Crippen molar-refractivity contribution in [2.24, 2.45) is 5.73 Å². The summed E-state index contributed by atoms with van der Waals surface area (Å²) in [5, 5.41) is 2.47. The standard InChI is InChI=1S/C7H14N2O3/c1-2-7(11)12-5-6(10)9-4-3-8/h2-5,8H2,1H3,(H,9,10). The van der Waals surface area contributed by atoms with E-state index in [0.29, 0.717) is 13.1 Å². The summed E-state index contributed by atoms with van der Waals surface area (Å²) in [5.41, 5.74) is 5.14. The summed E-state index contributed by atoms with van der Waals surface area (Å²) in [6.45, 7) is 2.24. The Morgan fingerprint density at radius 1 is 1.50 bits per heavy atom. The number of carbonyl (C=O) groups excluding carboxylic acids is 2. The molecule has 0 saturated carbocycles. The number of hydrogen-bond donors (Lipinski definition) is 2. The number of ether oxygens (including phenoxy) is 1. The van der Waals surface area contributed by atoms with Crippen LogP contribution in [0.1, 0.15) is 13.3 Å². The van der Waals surface area contributed by atoms with E-state index < -0.39 is 0 Å². The molecule has 5 heteroatoms. The zero-order valence-electron chi connectivity index (χ0n) is 7.13. The fourth-order valence-corrected chi connectivity index (χ4v) is 0.511. The highest BCUT2D eigenvalue weighted by atomic mass is 16.5. The predicted molar refractivity (Wildman–Crippen MR) is 43.3 cm³/mol. The molecule has 0 aliphatic heterocycles. The lowest BCUT2D eigenvalue weighted by atomic mass is 10.5. The molecular weight excluding hydrogens is 160 g/mol. The molecular formula is C7H14N2O3. The summed E-state index contributed by atoms with van der Waals surface area (Å²) in [6, 6.07) is 0. The lowest BCUT2D eigenvalue weighted by molar-refractivity contribution is -0.148. The van der Waals surface area contributed by atoms with E-state index in [4.69, 9.17) is 5.73 Å². The van der Waals surface area contributed by atoms with E-state index in [1.807, 2.05) is 0 Å². The van der Waals surface area contributed by atoms with Gasteiger partial charge in [-0.25, -0.2) is 0 Å². The Morgan fingerprint density at radius 2 is 2.17 bits per heavy atom. The van der Waals surface area contributed by atoms with Gasteiger partial charge in [-0.05, 0) is 0 Å². The Kier molecular flexibility index (Phi) is 6.00. The lowest BCUT2D eigenvalue weighted by Gasteiger charge is -2.03. The first-order chi connectivity index (χ1) is 5.70. The zero-order valence-corrected chi connectivity index (χ0v) is 7.13. The number of hydrogen-bond acceptors (Lipinski definition) is 4. The number of nitrogens with one attached hydrogen (secondary N) is 1. The van der Waals surface area contributed by atoms with E-state index in [0.717, 1.165) is 0 Å². The Bertz CT molecular complexity index is 159. The Hall–Kier alpha value is -1.10. The van der Waals surface area contributed by atoms with Gasteiger partial charge in [-0.2, -0.15) is 0 Å². The first-order valence-corrected chi connectivity index (χ1v) is 3.83. The number of rotatable bonds is 5. The van der Waals surface area contributed by atoms with Gasteiger partial charge in [0.15, 0.2) is 6.61 Å². The fourth-order valence-electron chi connectivity index (χ4n) is 0.511. The third-order valence-electron chi connectivity index (χ3n) is 1.12. The van der Waals surface area contributed by atoms with Gasteiger partial charge < -0.3 is 15.8 Å². The maximum absolute atomic E-state index is 10.8. The highest BCUT2D eigenvalue weighted by Gasteiger charge is 2.03. The number of esters is 1. The summed E-state index contributed by atoms with van der Waals surface area (Å²) in [7, 11) is 0. The second kappa shape index (κ2) is 6.60. The van der Waals surface area contributed by atoms with Gasteiger partial charge >= 0.3 is 5.97 Å². The maximum Gasteiger partial charge on any atom is 0.306 e. The van der Waals surface area contributed by atoms with Gasteiger partial charge in [0.25, 0.3) is 5.91 Å². The third kappa shape index (κ3) is 5.67. The van der Waals surface area contributed by atoms with Gasteiger partial charge in [0.2, 0.25) is 0 Å². The van der Waals surface area contributed by atoms with Crippen molar-refractivity contribution in [2.75, 3.05) is 19.7 Å². The second-order valence-corrected chi connectivity index (χ2v) is 2.15. The molecule has 5 nitrogen and oxygen atoms in total. The average molecular weight is 174 g/mol. The van der Waals surface area contributed by atoms with Crippen molar-refractivity contribution in [3.63, 3.8) is 0 Å². The van der Waals surface area contributed by atoms with Crippen molar-refractivity contribution in [3.8, 4) is 0 Å². The highest BCUT2D eigenvalue weighted by Crippen LogP contribution is 1.83. The molecule has 0 fully saturated rings. The van der Waals surface area contributed by atoms with Crippen LogP contribution in [-0.2, 0) is 14.3 Å². The predicted octanol–water partition coefficient (Wildman–Crippen LogP) is -0.985. The summed E-state index contributed by atoms with van der Waals surface area (Å²) >= 11 is 0. The molecule has 12 heavy (non-hydrogen) atoms. The Labute approximate surface area is 71.3 Å². The molecule has 0 unspecified atom stereocenters. The number of amides is 1. The molecule has 0 aliphatic rings. The lowest BCUT2D eigenvalue weighted by Crippen LogP contribution is -2.32. The van der Waals surface area contributed by atoms with E-state index in [9.17, 15) is 9.59 Å². The zero-order chi connectivity index (χ0) is 9.40. The number of carbonyl (C=O) groups is 2. The molecule has 0 aromatic heterocycles. The first kappa shape index (κ1) is 10.9. The van der Waals surface area contributed by atoms with E-state index >= 15 is 0 Å². The fraction of sp³-hybridized carbons (Fsp3) is 0.714. The summed E-state index contributed by atoms with van der Waals surface area (Å²) in [4.78, 5) is 21.3. The molecule has 1 amide bonds. The van der Waals surface area contributed by atoms with Gasteiger partial charge in [-0.1, -0.05) is 6.92 Å². The molecule has 0 saturated heterocycles. The van der Waals surface area contributed by atoms with Crippen molar-refractivity contribution in [3.05, 3.63) is 0 Å². The topological polar surface area (TPSA) is 81.4 Å². The van der Waals surface area contributed by atoms with Crippen LogP contribution in [0.5, 0.6) is 0 Å². The van der Waals surface area contributed by atoms with Crippen molar-refractivity contribution in [1.82, 2.24) is 5.32 Å². The van der Waals surface area contributed by atoms with Crippen molar-refractivity contribution in [2.45, 2.75) is 13.3 Å². The smallest absolute Gasteiger partial charge is 0.306 e. The van der Waals surface area contributed by atoms with Gasteiger partial charge in [0.1, 0.15) is 0 Å². The Morgan fingerprint density at radius 3 is 2.67 bits per heavy atom. The van der Waals surface area contributed by atoms with Crippen LogP contribution in [0.15, 0.2) is 0 Å². The van der Waals surface area contributed by atoms with E-state index in [1.165, 1.54) is 0 Å². The number of nitrogens with two attached hydrogens (primary N) is 1. The van der Waals surface area contributed by atoms with Crippen LogP contribution in [0.25, 0.3) is 0 Å². The van der Waals surface area contributed by atoms with Crippen LogP contribution in [-0.4, -0.2) is 31.6 Å². The molecule has 0 bridgehead atoms. The monoisotopic (exact) mass is 174 g/mol. The summed E-state index contributed by atoms with van der Waals surface area (Å²) < 4.78 is 4.56. The minimum Gasteiger partial charge on any atom is -0.456 e. The van der Waals surface area contributed by atoms with Gasteiger partial charge in [-0.15, -0.1) is 0 Å². The molecule has 0 aliphatic carbocycles. The highest BCUT2D eigenvalue weighted by molar-refractivity contribution is 5.80. The third-order valence-corrected chi connectivity index (χ3v) is 1.12. The summed E-state index contributed by atoms with van der Waals surface area (Å²) in [5.74, 6) is -0.694. The average Bonchev–Trinajstić information content (AvgIpc) is 2.10. The molecule has 0 aromatic carbocycles. The van der Waals surface area contributed by atoms with E-state index in [-0.39, 0.29) is 24.9 Å². The molecule has 0 heterocycles. The van der Waals surface area contributed by atoms with Crippen LogP contribution >= 0.6 is 0 Å². The van der Waals surface area contributed by atoms with Crippen molar-refractivity contribution in [1.29, 1.82) is 0 Å². The quantitative estimate of drug-likeness (QED) is 0.524. The maximum atomic E-state index is 10.8. The molecule has 0 atom stereocenters. The molecule has 3 N–H and O–H groups in total. The molecule has 0 radical (unpaired) electrons. The van der Waals surface area contributed by atoms with Crippen LogP contribution in [0.4, 0.5) is 0 Å². The van der Waals surface area contributed by atoms with Crippen LogP contribution in [0.3, 0.4) is 0 Å². The largest absolute Gasteiger partial charge is 0.456 e. The normalized spacial score (nSPS) is 9.17. The first-order valence-electron chi connectivity index (χ1n) is 3.83. The SMILES string of the molecule is CCC(=O)OCC(=O)NCCN. The minimum atomic E-state index is -0.377. The molecule has 0 aromatic rings. The van der Waals surface area contributed by atoms with E-state index in [2.05, 4.69) is 10.1 Å². The molecule has 70 valence electrons. The van der Waals surface area contributed by atoms with Gasteiger partial charge in [0.05, 0.1) is 0 Å². The molecule has 0 spiro atoms. The van der Waals surface area contributed by atoms with Crippen molar-refractivity contribution < 1.29 is 14.3 Å². The van der Waals surface area contributed by atoms with Gasteiger partial charge in [-0.3, -0.25) is 9.59 Å².